The highest BCUT2D eigenvalue weighted by Gasteiger charge is 2.35. The van der Waals surface area contributed by atoms with E-state index in [1.165, 1.54) is 24.1 Å². The molecule has 0 saturated heterocycles. The molecule has 3 N–H and O–H groups in total. The average Bonchev–Trinajstić information content (AvgIpc) is 2.73. The Balaban J connectivity index is 2.10. The molecule has 0 aliphatic carbocycles. The van der Waals surface area contributed by atoms with Gasteiger partial charge in [-0.15, -0.1) is 30.3 Å². The highest BCUT2D eigenvalue weighted by Crippen LogP contribution is 2.39. The van der Waals surface area contributed by atoms with Crippen molar-refractivity contribution in [2.24, 2.45) is 10.6 Å². The van der Waals surface area contributed by atoms with Gasteiger partial charge in [-0.1, -0.05) is 11.6 Å². The number of sulfonamides is 1. The number of primary sulfonamides is 1. The van der Waals surface area contributed by atoms with E-state index in [1.807, 2.05) is 0 Å². The van der Waals surface area contributed by atoms with Crippen LogP contribution in [0.1, 0.15) is 12.8 Å². The number of hydrogen-bond donors (Lipinski definition) is 2. The molecule has 190 valence electrons. The number of nitrogens with two attached hydrogens (primary N) is 1. The number of anilines is 1. The fourth-order valence-corrected chi connectivity index (χ4v) is 5.18. The lowest BCUT2D eigenvalue weighted by Crippen LogP contribution is -2.40. The molecule has 0 saturated carbocycles. The van der Waals surface area contributed by atoms with E-state index in [-0.39, 0.29) is 36.0 Å². The molecule has 0 unspecified atom stereocenters. The van der Waals surface area contributed by atoms with Crippen molar-refractivity contribution in [1.29, 1.82) is 0 Å². The molecular formula is C14H19ClN6O11S2. The molecule has 1 aliphatic heterocycles. The van der Waals surface area contributed by atoms with Crippen LogP contribution in [0.2, 0.25) is 5.02 Å². The molecule has 1 aromatic carbocycles. The molecular weight excluding hydrogens is 528 g/mol. The van der Waals surface area contributed by atoms with Crippen LogP contribution in [0, 0.1) is 35.8 Å². The minimum Gasteiger partial charge on any atom is -0.371 e. The first kappa shape index (κ1) is 27.4. The van der Waals surface area contributed by atoms with E-state index in [1.54, 1.807) is 4.31 Å². The second-order valence-corrected chi connectivity index (χ2v) is 10.1. The smallest absolute Gasteiger partial charge is 0.294 e. The van der Waals surface area contributed by atoms with Gasteiger partial charge in [-0.2, -0.15) is 0 Å². The summed E-state index contributed by atoms with van der Waals surface area (Å²) in [5.74, 6) is 0. The maximum Gasteiger partial charge on any atom is 0.294 e. The molecule has 1 heterocycles. The molecule has 34 heavy (non-hydrogen) atoms. The van der Waals surface area contributed by atoms with Crippen molar-refractivity contribution >= 4 is 39.3 Å². The van der Waals surface area contributed by atoms with Gasteiger partial charge in [0.2, 0.25) is 10.0 Å². The SMILES string of the molecule is NS(=O)(=O)c1cc2c(cc1Cl)NCN(CCCC(CO[N+](=O)[O-])(CO[N+](=O)[O-])CO[N+](=O)[O-])S2. The van der Waals surface area contributed by atoms with Crippen molar-refractivity contribution in [3.8, 4) is 0 Å². The maximum atomic E-state index is 11.7. The third kappa shape index (κ3) is 8.17. The summed E-state index contributed by atoms with van der Waals surface area (Å²) in [7, 11) is -4.06. The Labute approximate surface area is 200 Å². The monoisotopic (exact) mass is 546 g/mol. The summed E-state index contributed by atoms with van der Waals surface area (Å²) in [6.07, 6.45) is 0.179. The number of hydrogen-bond acceptors (Lipinski definition) is 14. The van der Waals surface area contributed by atoms with Gasteiger partial charge in [0.25, 0.3) is 15.3 Å². The molecule has 0 fully saturated rings. The van der Waals surface area contributed by atoms with Gasteiger partial charge in [0, 0.05) is 16.9 Å². The molecule has 0 aromatic heterocycles. The molecule has 2 rings (SSSR count). The van der Waals surface area contributed by atoms with Crippen LogP contribution in [0.5, 0.6) is 0 Å². The van der Waals surface area contributed by atoms with E-state index >= 15 is 0 Å². The largest absolute Gasteiger partial charge is 0.371 e. The Morgan fingerprint density at radius 1 is 1.09 bits per heavy atom. The highest BCUT2D eigenvalue weighted by atomic mass is 35.5. The van der Waals surface area contributed by atoms with E-state index in [2.05, 4.69) is 19.8 Å². The lowest BCUT2D eigenvalue weighted by atomic mass is 9.85. The molecule has 0 amide bonds. The zero-order valence-electron chi connectivity index (χ0n) is 17.2. The summed E-state index contributed by atoms with van der Waals surface area (Å²) in [5.41, 5.74) is -1.00. The minimum atomic E-state index is -4.06. The number of halogens is 1. The Kier molecular flexibility index (Phi) is 9.27. The lowest BCUT2D eigenvalue weighted by Gasteiger charge is -2.33. The third-order valence-electron chi connectivity index (χ3n) is 4.56. The van der Waals surface area contributed by atoms with Gasteiger partial charge in [0.05, 0.1) is 17.4 Å². The van der Waals surface area contributed by atoms with Crippen molar-refractivity contribution in [3.05, 3.63) is 47.5 Å². The van der Waals surface area contributed by atoms with E-state index in [0.29, 0.717) is 10.6 Å². The van der Waals surface area contributed by atoms with Gasteiger partial charge in [-0.05, 0) is 36.9 Å². The molecule has 0 bridgehead atoms. The molecule has 17 nitrogen and oxygen atoms in total. The van der Waals surface area contributed by atoms with E-state index in [0.717, 1.165) is 0 Å². The van der Waals surface area contributed by atoms with Crippen LogP contribution in [0.4, 0.5) is 5.69 Å². The Hall–Kier alpha value is -2.87. The van der Waals surface area contributed by atoms with Crippen molar-refractivity contribution in [2.45, 2.75) is 22.6 Å². The van der Waals surface area contributed by atoms with Gasteiger partial charge in [-0.25, -0.2) is 17.9 Å². The first-order valence-corrected chi connectivity index (χ1v) is 11.9. The lowest BCUT2D eigenvalue weighted by molar-refractivity contribution is -0.782. The first-order chi connectivity index (χ1) is 15.8. The summed E-state index contributed by atoms with van der Waals surface area (Å²) in [4.78, 5) is 45.1. The summed E-state index contributed by atoms with van der Waals surface area (Å²) in [5, 5.41) is 36.7. The van der Waals surface area contributed by atoms with Gasteiger partial charge >= 0.3 is 0 Å². The topological polar surface area (TPSA) is 233 Å². The molecule has 20 heteroatoms. The molecule has 0 atom stereocenters. The van der Waals surface area contributed by atoms with Crippen molar-refractivity contribution < 1.29 is 38.2 Å². The zero-order chi connectivity index (χ0) is 25.5. The summed E-state index contributed by atoms with van der Waals surface area (Å²) < 4.78 is 25.2. The van der Waals surface area contributed by atoms with E-state index in [4.69, 9.17) is 16.7 Å². The van der Waals surface area contributed by atoms with Crippen molar-refractivity contribution in [1.82, 2.24) is 4.31 Å². The second kappa shape index (κ2) is 11.5. The number of nitrogens with zero attached hydrogens (tertiary/aromatic N) is 4. The Morgan fingerprint density at radius 3 is 2.09 bits per heavy atom. The molecule has 1 aromatic rings. The summed E-state index contributed by atoms with van der Waals surface area (Å²) in [6.45, 7) is -1.66. The van der Waals surface area contributed by atoms with Crippen molar-refractivity contribution in [2.75, 3.05) is 38.4 Å². The number of fused-ring (bicyclic) bond motifs is 1. The predicted molar refractivity (Wildman–Crippen MR) is 114 cm³/mol. The van der Waals surface area contributed by atoms with Crippen LogP contribution in [0.3, 0.4) is 0 Å². The quantitative estimate of drug-likeness (QED) is 0.189. The maximum absolute atomic E-state index is 11.7. The molecule has 0 spiro atoms. The van der Waals surface area contributed by atoms with Gasteiger partial charge in [0.15, 0.2) is 0 Å². The number of rotatable bonds is 14. The first-order valence-electron chi connectivity index (χ1n) is 9.16. The fraction of sp³-hybridized carbons (Fsp3) is 0.571. The van der Waals surface area contributed by atoms with Crippen LogP contribution in [0.25, 0.3) is 0 Å². The normalized spacial score (nSPS) is 13.9. The summed E-state index contributed by atoms with van der Waals surface area (Å²) in [6, 6.07) is 2.73. The minimum absolute atomic E-state index is 0.0461. The second-order valence-electron chi connectivity index (χ2n) is 7.05. The van der Waals surface area contributed by atoms with Gasteiger partial charge in [0.1, 0.15) is 24.7 Å². The van der Waals surface area contributed by atoms with E-state index < -0.39 is 50.5 Å². The highest BCUT2D eigenvalue weighted by molar-refractivity contribution is 7.97. The zero-order valence-corrected chi connectivity index (χ0v) is 19.5. The predicted octanol–water partition coefficient (Wildman–Crippen LogP) is 1.07. The van der Waals surface area contributed by atoms with Crippen molar-refractivity contribution in [3.63, 3.8) is 0 Å². The Bertz CT molecular complexity index is 998. The van der Waals surface area contributed by atoms with Crippen LogP contribution < -0.4 is 10.5 Å². The summed E-state index contributed by atoms with van der Waals surface area (Å²) >= 11 is 7.15. The van der Waals surface area contributed by atoms with Gasteiger partial charge in [-0.3, -0.25) is 0 Å². The molecule has 0 radical (unpaired) electrons. The average molecular weight is 547 g/mol. The van der Waals surface area contributed by atoms with Gasteiger partial charge < -0.3 is 19.8 Å². The van der Waals surface area contributed by atoms with E-state index in [9.17, 15) is 38.8 Å². The number of nitrogens with one attached hydrogen (secondary N) is 1. The fourth-order valence-electron chi connectivity index (χ4n) is 2.98. The standard InChI is InChI=1S/C14H19ClN6O11S2/c15-10-4-11-12(5-13(10)34(16,28)29)33-18(9-17-11)3-1-2-14(6-30-19(22)23,7-31-20(24)25)8-32-21(26)27/h4-5,17H,1-3,6-9H2,(H2,16,28,29). The van der Waals surface area contributed by atoms with Crippen LogP contribution in [-0.2, 0) is 24.5 Å². The Morgan fingerprint density at radius 2 is 1.62 bits per heavy atom. The van der Waals surface area contributed by atoms with Crippen LogP contribution in [-0.4, -0.2) is 61.0 Å². The molecule has 1 aliphatic rings. The number of benzene rings is 1. The van der Waals surface area contributed by atoms with Crippen LogP contribution >= 0.6 is 23.5 Å². The van der Waals surface area contributed by atoms with Crippen LogP contribution in [0.15, 0.2) is 21.9 Å². The third-order valence-corrected chi connectivity index (χ3v) is 7.04.